The number of nitrogens with two attached hydrogens (primary N) is 1. The minimum Gasteiger partial charge on any atom is -0.328 e. The molecule has 1 aromatic rings. The molecule has 2 atom stereocenters. The fourth-order valence-corrected chi connectivity index (χ4v) is 3.88. The van der Waals surface area contributed by atoms with Crippen LogP contribution >= 0.6 is 11.6 Å². The Kier molecular flexibility index (Phi) is 4.85. The summed E-state index contributed by atoms with van der Waals surface area (Å²) < 4.78 is 0. The van der Waals surface area contributed by atoms with Crippen molar-refractivity contribution in [3.8, 4) is 0 Å². The molecule has 0 radical (unpaired) electrons. The van der Waals surface area contributed by atoms with Gasteiger partial charge in [0.25, 0.3) is 0 Å². The molecule has 21 heavy (non-hydrogen) atoms. The molecule has 0 amide bonds. The van der Waals surface area contributed by atoms with E-state index >= 15 is 0 Å². The second-order valence-electron chi connectivity index (χ2n) is 6.54. The number of halogens is 1. The zero-order chi connectivity index (χ0) is 14.8. The van der Waals surface area contributed by atoms with Gasteiger partial charge in [0, 0.05) is 36.2 Å². The molecule has 1 aromatic carbocycles. The highest BCUT2D eigenvalue weighted by Crippen LogP contribution is 2.28. The van der Waals surface area contributed by atoms with Crippen LogP contribution in [0.15, 0.2) is 24.3 Å². The molecular weight excluding hydrogens is 282 g/mol. The summed E-state index contributed by atoms with van der Waals surface area (Å²) in [7, 11) is 0. The SMILES string of the molecule is CC(c1cccc(Cl)c1)N1CCC(N2CCC(N)CC2)C1. The van der Waals surface area contributed by atoms with Crippen molar-refractivity contribution < 1.29 is 0 Å². The van der Waals surface area contributed by atoms with Gasteiger partial charge in [-0.3, -0.25) is 9.80 Å². The van der Waals surface area contributed by atoms with Crippen LogP contribution < -0.4 is 5.73 Å². The molecule has 2 unspecified atom stereocenters. The second-order valence-corrected chi connectivity index (χ2v) is 6.98. The Labute approximate surface area is 133 Å². The van der Waals surface area contributed by atoms with Gasteiger partial charge >= 0.3 is 0 Å². The molecule has 3 rings (SSSR count). The van der Waals surface area contributed by atoms with E-state index in [0.29, 0.717) is 18.1 Å². The minimum absolute atomic E-state index is 0.421. The molecule has 0 saturated carbocycles. The van der Waals surface area contributed by atoms with Gasteiger partial charge in [0.15, 0.2) is 0 Å². The predicted molar refractivity (Wildman–Crippen MR) is 88.6 cm³/mol. The lowest BCUT2D eigenvalue weighted by Gasteiger charge is -2.35. The van der Waals surface area contributed by atoms with Crippen molar-refractivity contribution in [1.82, 2.24) is 9.80 Å². The lowest BCUT2D eigenvalue weighted by atomic mass is 10.0. The first kappa shape index (κ1) is 15.3. The lowest BCUT2D eigenvalue weighted by molar-refractivity contribution is 0.146. The molecule has 0 spiro atoms. The summed E-state index contributed by atoms with van der Waals surface area (Å²) in [6.45, 7) is 6.99. The van der Waals surface area contributed by atoms with Crippen molar-refractivity contribution >= 4 is 11.6 Å². The van der Waals surface area contributed by atoms with Crippen LogP contribution in [0.3, 0.4) is 0 Å². The maximum Gasteiger partial charge on any atom is 0.0409 e. The topological polar surface area (TPSA) is 32.5 Å². The number of piperidine rings is 1. The first-order chi connectivity index (χ1) is 10.1. The normalized spacial score (nSPS) is 27.1. The number of hydrogen-bond donors (Lipinski definition) is 1. The summed E-state index contributed by atoms with van der Waals surface area (Å²) in [6.07, 6.45) is 3.58. The molecular formula is C17H26ClN3. The Hall–Kier alpha value is -0.610. The van der Waals surface area contributed by atoms with E-state index in [-0.39, 0.29) is 0 Å². The minimum atomic E-state index is 0.421. The van der Waals surface area contributed by atoms with Crippen LogP contribution in [0, 0.1) is 0 Å². The largest absolute Gasteiger partial charge is 0.328 e. The summed E-state index contributed by atoms with van der Waals surface area (Å²) in [4.78, 5) is 5.24. The van der Waals surface area contributed by atoms with E-state index in [4.69, 9.17) is 17.3 Å². The van der Waals surface area contributed by atoms with Crippen LogP contribution in [0.5, 0.6) is 0 Å². The number of nitrogens with zero attached hydrogens (tertiary/aromatic N) is 2. The van der Waals surface area contributed by atoms with Crippen LogP contribution in [0.1, 0.15) is 37.8 Å². The zero-order valence-corrected chi connectivity index (χ0v) is 13.6. The fraction of sp³-hybridized carbons (Fsp3) is 0.647. The third-order valence-corrected chi connectivity index (χ3v) is 5.40. The van der Waals surface area contributed by atoms with Gasteiger partial charge in [-0.1, -0.05) is 23.7 Å². The Morgan fingerprint density at radius 2 is 1.95 bits per heavy atom. The van der Waals surface area contributed by atoms with Crippen molar-refractivity contribution in [2.24, 2.45) is 5.73 Å². The predicted octanol–water partition coefficient (Wildman–Crippen LogP) is 2.90. The number of rotatable bonds is 3. The summed E-state index contributed by atoms with van der Waals surface area (Å²) in [5.74, 6) is 0. The van der Waals surface area contributed by atoms with Gasteiger partial charge in [0.1, 0.15) is 0 Å². The number of likely N-dealkylation sites (tertiary alicyclic amines) is 2. The molecule has 3 nitrogen and oxygen atoms in total. The molecule has 2 N–H and O–H groups in total. The van der Waals surface area contributed by atoms with Gasteiger partial charge in [-0.2, -0.15) is 0 Å². The molecule has 2 fully saturated rings. The van der Waals surface area contributed by atoms with Crippen molar-refractivity contribution in [2.45, 2.75) is 44.3 Å². The van der Waals surface area contributed by atoms with E-state index < -0.39 is 0 Å². The van der Waals surface area contributed by atoms with E-state index in [2.05, 4.69) is 28.9 Å². The summed E-state index contributed by atoms with van der Waals surface area (Å²) in [5.41, 5.74) is 7.33. The van der Waals surface area contributed by atoms with Crippen molar-refractivity contribution in [3.63, 3.8) is 0 Å². The molecule has 2 saturated heterocycles. The molecule has 116 valence electrons. The van der Waals surface area contributed by atoms with Gasteiger partial charge in [-0.05, 0) is 57.0 Å². The Bertz CT molecular complexity index is 471. The maximum absolute atomic E-state index is 6.12. The maximum atomic E-state index is 6.12. The molecule has 0 bridgehead atoms. The van der Waals surface area contributed by atoms with Gasteiger partial charge in [0.05, 0.1) is 0 Å². The number of hydrogen-bond acceptors (Lipinski definition) is 3. The Balaban J connectivity index is 1.59. The monoisotopic (exact) mass is 307 g/mol. The van der Waals surface area contributed by atoms with Crippen molar-refractivity contribution in [1.29, 1.82) is 0 Å². The van der Waals surface area contributed by atoms with Crippen molar-refractivity contribution in [3.05, 3.63) is 34.9 Å². The standard InChI is InChI=1S/C17H26ClN3/c1-13(14-3-2-4-15(18)11-14)21-10-7-17(12-21)20-8-5-16(19)6-9-20/h2-4,11,13,16-17H,5-10,12,19H2,1H3. The van der Waals surface area contributed by atoms with Gasteiger partial charge in [-0.25, -0.2) is 0 Å². The van der Waals surface area contributed by atoms with Crippen LogP contribution in [0.4, 0.5) is 0 Å². The Morgan fingerprint density at radius 3 is 2.67 bits per heavy atom. The highest BCUT2D eigenvalue weighted by atomic mass is 35.5. The molecule has 0 aliphatic carbocycles. The highest BCUT2D eigenvalue weighted by Gasteiger charge is 2.32. The van der Waals surface area contributed by atoms with E-state index in [0.717, 1.165) is 17.9 Å². The molecule has 4 heteroatoms. The van der Waals surface area contributed by atoms with Gasteiger partial charge < -0.3 is 5.73 Å². The van der Waals surface area contributed by atoms with E-state index in [1.807, 2.05) is 12.1 Å². The summed E-state index contributed by atoms with van der Waals surface area (Å²) in [6, 6.07) is 9.85. The smallest absolute Gasteiger partial charge is 0.0409 e. The van der Waals surface area contributed by atoms with Crippen LogP contribution in [0.2, 0.25) is 5.02 Å². The third kappa shape index (κ3) is 3.59. The van der Waals surface area contributed by atoms with E-state index in [1.165, 1.54) is 38.2 Å². The van der Waals surface area contributed by atoms with E-state index in [9.17, 15) is 0 Å². The average Bonchev–Trinajstić information content (AvgIpc) is 2.97. The third-order valence-electron chi connectivity index (χ3n) is 5.16. The van der Waals surface area contributed by atoms with Crippen LogP contribution in [-0.4, -0.2) is 48.1 Å². The number of benzene rings is 1. The summed E-state index contributed by atoms with van der Waals surface area (Å²) in [5, 5.41) is 0.833. The highest BCUT2D eigenvalue weighted by molar-refractivity contribution is 6.30. The lowest BCUT2D eigenvalue weighted by Crippen LogP contribution is -2.46. The molecule has 0 aromatic heterocycles. The van der Waals surface area contributed by atoms with Crippen LogP contribution in [0.25, 0.3) is 0 Å². The second kappa shape index (κ2) is 6.66. The molecule has 2 heterocycles. The quantitative estimate of drug-likeness (QED) is 0.932. The van der Waals surface area contributed by atoms with E-state index in [1.54, 1.807) is 0 Å². The first-order valence-corrected chi connectivity index (χ1v) is 8.50. The molecule has 2 aliphatic heterocycles. The zero-order valence-electron chi connectivity index (χ0n) is 12.8. The average molecular weight is 308 g/mol. The molecule has 2 aliphatic rings. The van der Waals surface area contributed by atoms with Gasteiger partial charge in [-0.15, -0.1) is 0 Å². The first-order valence-electron chi connectivity index (χ1n) is 8.12. The van der Waals surface area contributed by atoms with Crippen molar-refractivity contribution in [2.75, 3.05) is 26.2 Å². The van der Waals surface area contributed by atoms with Gasteiger partial charge in [0.2, 0.25) is 0 Å². The Morgan fingerprint density at radius 1 is 1.19 bits per heavy atom. The summed E-state index contributed by atoms with van der Waals surface area (Å²) >= 11 is 6.12. The van der Waals surface area contributed by atoms with Crippen LogP contribution in [-0.2, 0) is 0 Å². The fourth-order valence-electron chi connectivity index (χ4n) is 3.68.